The number of halogens is 1. The molecule has 0 aliphatic rings. The van der Waals surface area contributed by atoms with Gasteiger partial charge in [-0.3, -0.25) is 10.5 Å². The van der Waals surface area contributed by atoms with Gasteiger partial charge in [0.2, 0.25) is 5.95 Å². The van der Waals surface area contributed by atoms with Crippen molar-refractivity contribution in [3.8, 4) is 0 Å². The van der Waals surface area contributed by atoms with Crippen molar-refractivity contribution in [3.05, 3.63) is 34.0 Å². The lowest BCUT2D eigenvalue weighted by atomic mass is 10.3. The smallest absolute Gasteiger partial charge is 0.241 e. The number of hydrogen-bond donors (Lipinski definition) is 4. The number of rotatable bonds is 3. The van der Waals surface area contributed by atoms with E-state index >= 15 is 0 Å². The van der Waals surface area contributed by atoms with E-state index in [0.717, 1.165) is 14.6 Å². The first-order chi connectivity index (χ1) is 9.28. The van der Waals surface area contributed by atoms with E-state index in [1.807, 2.05) is 24.3 Å². The highest BCUT2D eigenvalue weighted by molar-refractivity contribution is 14.1. The zero-order valence-corrected chi connectivity index (χ0v) is 11.8. The molecule has 0 bridgehead atoms. The lowest BCUT2D eigenvalue weighted by molar-refractivity contribution is 1.08. The predicted molar refractivity (Wildman–Crippen MR) is 81.9 cm³/mol. The van der Waals surface area contributed by atoms with Gasteiger partial charge in [-0.2, -0.15) is 15.1 Å². The van der Waals surface area contributed by atoms with E-state index in [1.54, 1.807) is 6.20 Å². The Kier molecular flexibility index (Phi) is 3.17. The van der Waals surface area contributed by atoms with Gasteiger partial charge in [-0.1, -0.05) is 12.1 Å². The molecule has 0 saturated heterocycles. The summed E-state index contributed by atoms with van der Waals surface area (Å²) in [5.41, 5.74) is 4.02. The largest absolute Gasteiger partial charge is 0.339 e. The molecule has 0 aliphatic heterocycles. The van der Waals surface area contributed by atoms with Crippen molar-refractivity contribution in [2.24, 2.45) is 5.84 Å². The third-order valence-corrected chi connectivity index (χ3v) is 3.51. The van der Waals surface area contributed by atoms with Crippen molar-refractivity contribution in [1.82, 2.24) is 20.2 Å². The summed E-state index contributed by atoms with van der Waals surface area (Å²) < 4.78 is 1.10. The zero-order valence-electron chi connectivity index (χ0n) is 9.68. The second-order valence-corrected chi connectivity index (χ2v) is 4.94. The van der Waals surface area contributed by atoms with Gasteiger partial charge in [-0.05, 0) is 34.7 Å². The topological polar surface area (TPSA) is 105 Å². The van der Waals surface area contributed by atoms with Gasteiger partial charge in [0, 0.05) is 3.57 Å². The summed E-state index contributed by atoms with van der Waals surface area (Å²) in [5.74, 6) is 6.34. The average Bonchev–Trinajstić information content (AvgIpc) is 2.89. The summed E-state index contributed by atoms with van der Waals surface area (Å²) in [6.45, 7) is 0. The van der Waals surface area contributed by atoms with Gasteiger partial charge in [-0.25, -0.2) is 5.84 Å². The molecule has 3 aromatic rings. The minimum atomic E-state index is 0.324. The van der Waals surface area contributed by atoms with Crippen LogP contribution in [0.25, 0.3) is 11.0 Å². The fourth-order valence-corrected chi connectivity index (χ4v) is 2.21. The number of nitrogens with one attached hydrogen (secondary N) is 3. The summed E-state index contributed by atoms with van der Waals surface area (Å²) in [7, 11) is 0. The number of hydrazine groups is 1. The highest BCUT2D eigenvalue weighted by atomic mass is 127. The van der Waals surface area contributed by atoms with Crippen molar-refractivity contribution in [1.29, 1.82) is 0 Å². The number of hydrogen-bond acceptors (Lipinski definition) is 6. The Morgan fingerprint density at radius 1 is 1.21 bits per heavy atom. The Hall–Kier alpha value is -1.94. The third kappa shape index (κ3) is 2.31. The maximum atomic E-state index is 5.36. The van der Waals surface area contributed by atoms with Gasteiger partial charge < -0.3 is 5.32 Å². The van der Waals surface area contributed by atoms with Crippen molar-refractivity contribution in [2.45, 2.75) is 0 Å². The van der Waals surface area contributed by atoms with E-state index in [9.17, 15) is 0 Å². The molecule has 5 N–H and O–H groups in total. The van der Waals surface area contributed by atoms with E-state index in [0.29, 0.717) is 17.4 Å². The molecule has 3 rings (SSSR count). The highest BCUT2D eigenvalue weighted by Crippen LogP contribution is 2.26. The molecule has 19 heavy (non-hydrogen) atoms. The molecule has 8 heteroatoms. The second-order valence-electron chi connectivity index (χ2n) is 3.78. The van der Waals surface area contributed by atoms with Crippen LogP contribution in [0.4, 0.5) is 17.5 Å². The number of para-hydroxylation sites is 1. The van der Waals surface area contributed by atoms with Gasteiger partial charge in [-0.15, -0.1) is 0 Å². The molecule has 2 aromatic heterocycles. The predicted octanol–water partition coefficient (Wildman–Crippen LogP) is 1.99. The summed E-state index contributed by atoms with van der Waals surface area (Å²) >= 11 is 2.26. The molecule has 0 aliphatic carbocycles. The Bertz CT molecular complexity index is 724. The minimum absolute atomic E-state index is 0.324. The molecule has 0 amide bonds. The molecule has 1 aromatic carbocycles. The van der Waals surface area contributed by atoms with E-state index in [2.05, 4.69) is 53.5 Å². The molecule has 2 heterocycles. The normalized spacial score (nSPS) is 10.6. The van der Waals surface area contributed by atoms with Gasteiger partial charge in [0.25, 0.3) is 0 Å². The summed E-state index contributed by atoms with van der Waals surface area (Å²) in [6.07, 6.45) is 1.67. The zero-order chi connectivity index (χ0) is 13.2. The van der Waals surface area contributed by atoms with Gasteiger partial charge >= 0.3 is 0 Å². The number of fused-ring (bicyclic) bond motifs is 1. The van der Waals surface area contributed by atoms with Crippen molar-refractivity contribution >= 4 is 51.1 Å². The van der Waals surface area contributed by atoms with Crippen LogP contribution in [0.1, 0.15) is 0 Å². The standard InChI is InChI=1S/C11H10IN7/c12-7-3-1-2-4-8(7)15-9-6-5-14-19-10(6)17-11(16-9)18-13/h1-5H,13H2,(H3,14,15,16,17,18,19). The first-order valence-electron chi connectivity index (χ1n) is 5.47. The lowest BCUT2D eigenvalue weighted by Gasteiger charge is -2.09. The number of aromatic amines is 1. The fourth-order valence-electron chi connectivity index (χ4n) is 1.68. The molecule has 96 valence electrons. The first-order valence-corrected chi connectivity index (χ1v) is 6.55. The molecule has 0 unspecified atom stereocenters. The molecule has 0 saturated carbocycles. The van der Waals surface area contributed by atoms with Crippen LogP contribution in [0, 0.1) is 3.57 Å². The van der Waals surface area contributed by atoms with Crippen molar-refractivity contribution < 1.29 is 0 Å². The van der Waals surface area contributed by atoms with Crippen LogP contribution in [0.15, 0.2) is 30.5 Å². The molecule has 0 radical (unpaired) electrons. The number of aromatic nitrogens is 4. The van der Waals surface area contributed by atoms with E-state index in [4.69, 9.17) is 5.84 Å². The van der Waals surface area contributed by atoms with Gasteiger partial charge in [0.15, 0.2) is 5.65 Å². The highest BCUT2D eigenvalue weighted by Gasteiger charge is 2.10. The number of anilines is 3. The van der Waals surface area contributed by atoms with Crippen LogP contribution >= 0.6 is 22.6 Å². The lowest BCUT2D eigenvalue weighted by Crippen LogP contribution is -2.11. The molecular formula is C11H10IN7. The van der Waals surface area contributed by atoms with Crippen LogP contribution in [0.2, 0.25) is 0 Å². The maximum Gasteiger partial charge on any atom is 0.241 e. The number of nitrogen functional groups attached to an aromatic ring is 1. The van der Waals surface area contributed by atoms with Crippen LogP contribution in [-0.4, -0.2) is 20.2 Å². The summed E-state index contributed by atoms with van der Waals surface area (Å²) in [5, 5.41) is 10.8. The SMILES string of the molecule is NNc1nc(Nc2ccccc2I)c2cn[nH]c2n1. The van der Waals surface area contributed by atoms with Gasteiger partial charge in [0.05, 0.1) is 17.3 Å². The van der Waals surface area contributed by atoms with Crippen molar-refractivity contribution in [2.75, 3.05) is 10.7 Å². The summed E-state index contributed by atoms with van der Waals surface area (Å²) in [4.78, 5) is 8.48. The molecular weight excluding hydrogens is 357 g/mol. The molecule has 0 spiro atoms. The molecule has 7 nitrogen and oxygen atoms in total. The number of benzene rings is 1. The van der Waals surface area contributed by atoms with Crippen LogP contribution in [0.5, 0.6) is 0 Å². The van der Waals surface area contributed by atoms with E-state index in [1.165, 1.54) is 0 Å². The number of nitrogens with zero attached hydrogens (tertiary/aromatic N) is 3. The Labute approximate surface area is 122 Å². The Morgan fingerprint density at radius 3 is 2.84 bits per heavy atom. The Balaban J connectivity index is 2.09. The third-order valence-electron chi connectivity index (χ3n) is 2.57. The molecule has 0 atom stereocenters. The van der Waals surface area contributed by atoms with Crippen LogP contribution in [0.3, 0.4) is 0 Å². The van der Waals surface area contributed by atoms with E-state index < -0.39 is 0 Å². The number of nitrogens with two attached hydrogens (primary N) is 1. The monoisotopic (exact) mass is 367 g/mol. The summed E-state index contributed by atoms with van der Waals surface area (Å²) in [6, 6.07) is 7.93. The second kappa shape index (κ2) is 4.97. The maximum absolute atomic E-state index is 5.36. The van der Waals surface area contributed by atoms with Crippen molar-refractivity contribution in [3.63, 3.8) is 0 Å². The minimum Gasteiger partial charge on any atom is -0.339 e. The first kappa shape index (κ1) is 12.1. The Morgan fingerprint density at radius 2 is 2.05 bits per heavy atom. The average molecular weight is 367 g/mol. The quantitative estimate of drug-likeness (QED) is 0.321. The fraction of sp³-hybridized carbons (Fsp3) is 0. The van der Waals surface area contributed by atoms with Crippen LogP contribution in [-0.2, 0) is 0 Å². The van der Waals surface area contributed by atoms with Crippen LogP contribution < -0.4 is 16.6 Å². The number of H-pyrrole nitrogens is 1. The van der Waals surface area contributed by atoms with E-state index in [-0.39, 0.29) is 0 Å². The van der Waals surface area contributed by atoms with Gasteiger partial charge in [0.1, 0.15) is 5.82 Å². The molecule has 0 fully saturated rings.